The SMILES string of the molecule is NC(=S)c1ccc(C(F)(F)F)nc1OCC(F)(F)F. The molecule has 0 radical (unpaired) electrons. The highest BCUT2D eigenvalue weighted by Crippen LogP contribution is 2.30. The van der Waals surface area contributed by atoms with Crippen molar-refractivity contribution in [2.24, 2.45) is 5.73 Å². The van der Waals surface area contributed by atoms with Gasteiger partial charge in [0.2, 0.25) is 5.88 Å². The Hall–Kier alpha value is -1.58. The van der Waals surface area contributed by atoms with Crippen molar-refractivity contribution in [3.8, 4) is 5.88 Å². The molecule has 10 heteroatoms. The van der Waals surface area contributed by atoms with Crippen molar-refractivity contribution in [3.05, 3.63) is 23.4 Å². The maximum Gasteiger partial charge on any atom is 0.433 e. The van der Waals surface area contributed by atoms with Gasteiger partial charge in [-0.05, 0) is 12.1 Å². The third kappa shape index (κ3) is 4.54. The molecule has 19 heavy (non-hydrogen) atoms. The van der Waals surface area contributed by atoms with Crippen LogP contribution in [0, 0.1) is 0 Å². The van der Waals surface area contributed by atoms with E-state index in [4.69, 9.17) is 5.73 Å². The Morgan fingerprint density at radius 1 is 1.21 bits per heavy atom. The minimum Gasteiger partial charge on any atom is -0.467 e. The molecule has 0 fully saturated rings. The summed E-state index contributed by atoms with van der Waals surface area (Å²) in [7, 11) is 0. The summed E-state index contributed by atoms with van der Waals surface area (Å²) in [4.78, 5) is 2.54. The van der Waals surface area contributed by atoms with E-state index >= 15 is 0 Å². The van der Waals surface area contributed by atoms with Crippen molar-refractivity contribution in [2.45, 2.75) is 12.4 Å². The molecular formula is C9H6F6N2OS. The second-order valence-corrected chi connectivity index (χ2v) is 3.75. The van der Waals surface area contributed by atoms with Crippen molar-refractivity contribution in [3.63, 3.8) is 0 Å². The van der Waals surface area contributed by atoms with Gasteiger partial charge in [-0.1, -0.05) is 12.2 Å². The van der Waals surface area contributed by atoms with Crippen LogP contribution >= 0.6 is 12.2 Å². The smallest absolute Gasteiger partial charge is 0.433 e. The average Bonchev–Trinajstić information content (AvgIpc) is 2.23. The van der Waals surface area contributed by atoms with E-state index in [2.05, 4.69) is 21.9 Å². The predicted molar refractivity (Wildman–Crippen MR) is 56.7 cm³/mol. The van der Waals surface area contributed by atoms with Gasteiger partial charge in [-0.3, -0.25) is 0 Å². The van der Waals surface area contributed by atoms with E-state index in [-0.39, 0.29) is 5.56 Å². The first-order chi connectivity index (χ1) is 8.50. The van der Waals surface area contributed by atoms with Crippen molar-refractivity contribution in [1.82, 2.24) is 4.98 Å². The number of hydrogen-bond donors (Lipinski definition) is 1. The molecule has 0 spiro atoms. The summed E-state index contributed by atoms with van der Waals surface area (Å²) >= 11 is 4.49. The van der Waals surface area contributed by atoms with Crippen LogP contribution in [0.2, 0.25) is 0 Å². The molecule has 1 aromatic heterocycles. The van der Waals surface area contributed by atoms with Crippen LogP contribution < -0.4 is 10.5 Å². The summed E-state index contributed by atoms with van der Waals surface area (Å²) < 4.78 is 77.2. The quantitative estimate of drug-likeness (QED) is 0.689. The zero-order chi connectivity index (χ0) is 14.8. The van der Waals surface area contributed by atoms with E-state index in [1.165, 1.54) is 0 Å². The van der Waals surface area contributed by atoms with E-state index in [9.17, 15) is 26.3 Å². The number of alkyl halides is 6. The molecule has 0 aliphatic carbocycles. The van der Waals surface area contributed by atoms with Crippen molar-refractivity contribution in [1.29, 1.82) is 0 Å². The lowest BCUT2D eigenvalue weighted by molar-refractivity contribution is -0.154. The van der Waals surface area contributed by atoms with E-state index in [0.717, 1.165) is 6.07 Å². The number of thiocarbonyl (C=S) groups is 1. The van der Waals surface area contributed by atoms with Crippen LogP contribution in [-0.2, 0) is 6.18 Å². The molecule has 0 aliphatic heterocycles. The number of pyridine rings is 1. The molecule has 0 saturated heterocycles. The Balaban J connectivity index is 3.13. The summed E-state index contributed by atoms with van der Waals surface area (Å²) in [6.07, 6.45) is -9.53. The predicted octanol–water partition coefficient (Wildman–Crippen LogP) is 2.68. The first kappa shape index (κ1) is 15.5. The van der Waals surface area contributed by atoms with Crippen LogP contribution in [0.1, 0.15) is 11.3 Å². The minimum absolute atomic E-state index is 0.299. The van der Waals surface area contributed by atoms with Gasteiger partial charge < -0.3 is 10.5 Å². The molecule has 0 amide bonds. The Kier molecular flexibility index (Phi) is 4.23. The number of rotatable bonds is 3. The normalized spacial score (nSPS) is 12.3. The molecular weight excluding hydrogens is 298 g/mol. The first-order valence-electron chi connectivity index (χ1n) is 4.58. The molecule has 1 heterocycles. The number of ether oxygens (including phenoxy) is 1. The van der Waals surface area contributed by atoms with Crippen molar-refractivity contribution in [2.75, 3.05) is 6.61 Å². The van der Waals surface area contributed by atoms with Crippen LogP contribution in [0.25, 0.3) is 0 Å². The lowest BCUT2D eigenvalue weighted by atomic mass is 10.2. The molecule has 0 aromatic carbocycles. The Labute approximate surface area is 108 Å². The number of nitrogens with two attached hydrogens (primary N) is 1. The van der Waals surface area contributed by atoms with Gasteiger partial charge in [0.15, 0.2) is 6.61 Å². The fourth-order valence-corrected chi connectivity index (χ4v) is 1.20. The Bertz CT molecular complexity index is 485. The summed E-state index contributed by atoms with van der Waals surface area (Å²) in [5.41, 5.74) is 3.46. The largest absolute Gasteiger partial charge is 0.467 e. The van der Waals surface area contributed by atoms with Crippen LogP contribution in [0.15, 0.2) is 12.1 Å². The van der Waals surface area contributed by atoms with Crippen molar-refractivity contribution < 1.29 is 31.1 Å². The maximum absolute atomic E-state index is 12.4. The van der Waals surface area contributed by atoms with Crippen LogP contribution in [-0.4, -0.2) is 22.8 Å². The van der Waals surface area contributed by atoms with Gasteiger partial charge in [-0.15, -0.1) is 0 Å². The number of aromatic nitrogens is 1. The molecule has 106 valence electrons. The first-order valence-corrected chi connectivity index (χ1v) is 4.99. The lowest BCUT2D eigenvalue weighted by Gasteiger charge is -2.13. The van der Waals surface area contributed by atoms with Crippen LogP contribution in [0.4, 0.5) is 26.3 Å². The highest BCUT2D eigenvalue weighted by molar-refractivity contribution is 7.80. The standard InChI is InChI=1S/C9H6F6N2OS/c10-8(11,12)3-18-7-4(6(16)19)1-2-5(17-7)9(13,14)15/h1-2H,3H2,(H2,16,19). The summed E-state index contributed by atoms with van der Waals surface area (Å²) in [6.45, 7) is -1.79. The Morgan fingerprint density at radius 3 is 2.21 bits per heavy atom. The summed E-state index contributed by atoms with van der Waals surface area (Å²) in [6, 6.07) is 1.36. The molecule has 0 saturated carbocycles. The number of halogens is 6. The molecule has 3 nitrogen and oxygen atoms in total. The van der Waals surface area contributed by atoms with Gasteiger partial charge in [-0.25, -0.2) is 4.98 Å². The average molecular weight is 304 g/mol. The minimum atomic E-state index is -4.81. The lowest BCUT2D eigenvalue weighted by Crippen LogP contribution is -2.22. The van der Waals surface area contributed by atoms with Gasteiger partial charge in [0.1, 0.15) is 10.7 Å². The molecule has 2 N–H and O–H groups in total. The molecule has 0 unspecified atom stereocenters. The molecule has 1 rings (SSSR count). The number of nitrogens with zero attached hydrogens (tertiary/aromatic N) is 1. The zero-order valence-corrected chi connectivity index (χ0v) is 9.79. The van der Waals surface area contributed by atoms with Crippen LogP contribution in [0.3, 0.4) is 0 Å². The topological polar surface area (TPSA) is 48.1 Å². The van der Waals surface area contributed by atoms with E-state index in [1.54, 1.807) is 0 Å². The van der Waals surface area contributed by atoms with Gasteiger partial charge in [0.05, 0.1) is 5.56 Å². The summed E-state index contributed by atoms with van der Waals surface area (Å²) in [5, 5.41) is 0. The van der Waals surface area contributed by atoms with Gasteiger partial charge in [-0.2, -0.15) is 26.3 Å². The molecule has 0 atom stereocenters. The van der Waals surface area contributed by atoms with Crippen molar-refractivity contribution >= 4 is 17.2 Å². The molecule has 1 aromatic rings. The monoisotopic (exact) mass is 304 g/mol. The molecule has 0 bridgehead atoms. The summed E-state index contributed by atoms with van der Waals surface area (Å²) in [5.74, 6) is -0.903. The highest BCUT2D eigenvalue weighted by Gasteiger charge is 2.34. The number of hydrogen-bond acceptors (Lipinski definition) is 3. The van der Waals surface area contributed by atoms with Gasteiger partial charge in [0, 0.05) is 0 Å². The van der Waals surface area contributed by atoms with E-state index in [0.29, 0.717) is 6.07 Å². The van der Waals surface area contributed by atoms with Crippen LogP contribution in [0.5, 0.6) is 5.88 Å². The molecule has 0 aliphatic rings. The third-order valence-electron chi connectivity index (χ3n) is 1.79. The third-order valence-corrected chi connectivity index (χ3v) is 2.01. The fourth-order valence-electron chi connectivity index (χ4n) is 1.05. The Morgan fingerprint density at radius 2 is 1.79 bits per heavy atom. The maximum atomic E-state index is 12.4. The zero-order valence-electron chi connectivity index (χ0n) is 8.97. The second-order valence-electron chi connectivity index (χ2n) is 3.32. The van der Waals surface area contributed by atoms with Gasteiger partial charge in [0.25, 0.3) is 0 Å². The van der Waals surface area contributed by atoms with E-state index in [1.807, 2.05) is 0 Å². The second kappa shape index (κ2) is 5.19. The van der Waals surface area contributed by atoms with E-state index < -0.39 is 35.5 Å². The highest BCUT2D eigenvalue weighted by atomic mass is 32.1. The fraction of sp³-hybridized carbons (Fsp3) is 0.333. The van der Waals surface area contributed by atoms with Gasteiger partial charge >= 0.3 is 12.4 Å².